The normalized spacial score (nSPS) is 13.5. The number of hydrazine groups is 1. The van der Waals surface area contributed by atoms with Gasteiger partial charge in [0.05, 0.1) is 11.5 Å². The van der Waals surface area contributed by atoms with E-state index in [1.165, 1.54) is 11.2 Å². The van der Waals surface area contributed by atoms with E-state index in [1.807, 2.05) is 6.07 Å². The molecule has 0 spiro atoms. The quantitative estimate of drug-likeness (QED) is 0.518. The van der Waals surface area contributed by atoms with E-state index < -0.39 is 16.9 Å². The number of piperazine rings is 1. The number of benzene rings is 1. The number of hydrogen-bond donors (Lipinski definition) is 2. The van der Waals surface area contributed by atoms with Gasteiger partial charge >= 0.3 is 11.8 Å². The first-order valence-electron chi connectivity index (χ1n) is 9.70. The fourth-order valence-corrected chi connectivity index (χ4v) is 3.19. The zero-order valence-electron chi connectivity index (χ0n) is 17.2. The molecule has 1 aromatic carbocycles. The number of hydrogen-bond acceptors (Lipinski definition) is 9. The fourth-order valence-electron chi connectivity index (χ4n) is 3.19. The lowest BCUT2D eigenvalue weighted by Gasteiger charge is -2.34. The van der Waals surface area contributed by atoms with Crippen molar-refractivity contribution in [2.24, 2.45) is 0 Å². The van der Waals surface area contributed by atoms with E-state index >= 15 is 0 Å². The second-order valence-corrected chi connectivity index (χ2v) is 6.72. The first-order chi connectivity index (χ1) is 14.9. The Morgan fingerprint density at radius 2 is 1.90 bits per heavy atom. The largest absolute Gasteiger partial charge is 0.450 e. The maximum Gasteiger partial charge on any atom is 0.409 e. The van der Waals surface area contributed by atoms with E-state index in [4.69, 9.17) is 4.74 Å². The first-order valence-corrected chi connectivity index (χ1v) is 9.70. The lowest BCUT2D eigenvalue weighted by Crippen LogP contribution is -2.49. The van der Waals surface area contributed by atoms with Crippen molar-refractivity contribution < 1.29 is 19.2 Å². The Morgan fingerprint density at radius 3 is 2.55 bits per heavy atom. The van der Waals surface area contributed by atoms with Crippen molar-refractivity contribution in [2.75, 3.05) is 43.1 Å². The molecular weight excluding hydrogens is 406 g/mol. The number of rotatable bonds is 6. The van der Waals surface area contributed by atoms with Crippen LogP contribution in [0, 0.1) is 17.0 Å². The van der Waals surface area contributed by atoms with E-state index in [9.17, 15) is 19.7 Å². The molecule has 1 saturated heterocycles. The highest BCUT2D eigenvalue weighted by Gasteiger charge is 2.31. The molecule has 1 aromatic heterocycles. The molecule has 2 amide bonds. The van der Waals surface area contributed by atoms with Crippen LogP contribution in [0.3, 0.4) is 0 Å². The van der Waals surface area contributed by atoms with Crippen LogP contribution in [0.2, 0.25) is 0 Å². The third-order valence-electron chi connectivity index (χ3n) is 4.77. The average Bonchev–Trinajstić information content (AvgIpc) is 2.77. The molecule has 0 atom stereocenters. The zero-order chi connectivity index (χ0) is 22.4. The van der Waals surface area contributed by atoms with Gasteiger partial charge < -0.3 is 14.5 Å². The lowest BCUT2D eigenvalue weighted by molar-refractivity contribution is -0.383. The Labute approximate surface area is 178 Å². The molecule has 1 fully saturated rings. The molecule has 12 nitrogen and oxygen atoms in total. The number of nitrogens with one attached hydrogen (secondary N) is 2. The van der Waals surface area contributed by atoms with Gasteiger partial charge in [-0.25, -0.2) is 14.8 Å². The van der Waals surface area contributed by atoms with Gasteiger partial charge in [-0.2, -0.15) is 0 Å². The molecule has 1 aliphatic heterocycles. The van der Waals surface area contributed by atoms with Crippen LogP contribution in [0.1, 0.15) is 22.8 Å². The maximum atomic E-state index is 12.4. The molecule has 1 aliphatic rings. The molecule has 164 valence electrons. The number of nitro groups is 1. The Bertz CT molecular complexity index is 976. The summed E-state index contributed by atoms with van der Waals surface area (Å²) >= 11 is 0. The highest BCUT2D eigenvalue weighted by molar-refractivity contribution is 5.96. The molecule has 0 unspecified atom stereocenters. The smallest absolute Gasteiger partial charge is 0.409 e. The minimum atomic E-state index is -0.602. The summed E-state index contributed by atoms with van der Waals surface area (Å²) in [6.07, 6.45) is 0.767. The van der Waals surface area contributed by atoms with E-state index in [-0.39, 0.29) is 23.9 Å². The highest BCUT2D eigenvalue weighted by Crippen LogP contribution is 2.32. The SMILES string of the molecule is CCOC(=O)N1CCN(c2ncnc(NNC(=O)c3ccccc3C)c2[N+](=O)[O-])CC1. The van der Waals surface area contributed by atoms with Gasteiger partial charge in [-0.05, 0) is 25.5 Å². The van der Waals surface area contributed by atoms with Crippen LogP contribution >= 0.6 is 0 Å². The number of amides is 2. The zero-order valence-corrected chi connectivity index (χ0v) is 17.2. The summed E-state index contributed by atoms with van der Waals surface area (Å²) in [5, 5.41) is 11.8. The van der Waals surface area contributed by atoms with Crippen molar-refractivity contribution in [2.45, 2.75) is 13.8 Å². The van der Waals surface area contributed by atoms with Gasteiger partial charge in [-0.3, -0.25) is 25.8 Å². The van der Waals surface area contributed by atoms with Crippen LogP contribution in [0.15, 0.2) is 30.6 Å². The molecule has 3 rings (SSSR count). The number of carbonyl (C=O) groups is 2. The van der Waals surface area contributed by atoms with Crippen molar-refractivity contribution in [3.8, 4) is 0 Å². The first kappa shape index (κ1) is 21.7. The second kappa shape index (κ2) is 9.69. The van der Waals surface area contributed by atoms with Gasteiger partial charge in [0.1, 0.15) is 6.33 Å². The molecular formula is C19H23N7O5. The Balaban J connectivity index is 1.74. The second-order valence-electron chi connectivity index (χ2n) is 6.72. The van der Waals surface area contributed by atoms with Crippen LogP contribution in [-0.2, 0) is 4.74 Å². The summed E-state index contributed by atoms with van der Waals surface area (Å²) in [5.74, 6) is -0.475. The van der Waals surface area contributed by atoms with Crippen molar-refractivity contribution in [3.63, 3.8) is 0 Å². The summed E-state index contributed by atoms with van der Waals surface area (Å²) in [7, 11) is 0. The van der Waals surface area contributed by atoms with Gasteiger partial charge in [0.25, 0.3) is 5.91 Å². The molecule has 2 N–H and O–H groups in total. The summed E-state index contributed by atoms with van der Waals surface area (Å²) < 4.78 is 4.99. The number of aromatic nitrogens is 2. The summed E-state index contributed by atoms with van der Waals surface area (Å²) in [5.41, 5.74) is 5.82. The van der Waals surface area contributed by atoms with Crippen LogP contribution < -0.4 is 15.8 Å². The molecule has 2 heterocycles. The topological polar surface area (TPSA) is 143 Å². The van der Waals surface area contributed by atoms with E-state index in [1.54, 1.807) is 36.9 Å². The number of nitrogens with zero attached hydrogens (tertiary/aromatic N) is 5. The molecule has 0 bridgehead atoms. The van der Waals surface area contributed by atoms with Crippen molar-refractivity contribution in [1.29, 1.82) is 0 Å². The Kier molecular flexibility index (Phi) is 6.80. The highest BCUT2D eigenvalue weighted by atomic mass is 16.6. The van der Waals surface area contributed by atoms with Crippen LogP contribution in [0.4, 0.5) is 22.1 Å². The fraction of sp³-hybridized carbons (Fsp3) is 0.368. The van der Waals surface area contributed by atoms with E-state index in [2.05, 4.69) is 20.8 Å². The van der Waals surface area contributed by atoms with Crippen LogP contribution in [0.25, 0.3) is 0 Å². The maximum absolute atomic E-state index is 12.4. The number of ether oxygens (including phenoxy) is 1. The van der Waals surface area contributed by atoms with Crippen molar-refractivity contribution >= 4 is 29.3 Å². The monoisotopic (exact) mass is 429 g/mol. The van der Waals surface area contributed by atoms with Gasteiger partial charge in [0, 0.05) is 31.7 Å². The predicted molar refractivity (Wildman–Crippen MR) is 112 cm³/mol. The summed E-state index contributed by atoms with van der Waals surface area (Å²) in [6, 6.07) is 6.97. The van der Waals surface area contributed by atoms with Gasteiger partial charge in [0.15, 0.2) is 0 Å². The Hall–Kier alpha value is -3.96. The van der Waals surface area contributed by atoms with Gasteiger partial charge in [-0.1, -0.05) is 18.2 Å². The molecule has 31 heavy (non-hydrogen) atoms. The third-order valence-corrected chi connectivity index (χ3v) is 4.77. The Morgan fingerprint density at radius 1 is 1.19 bits per heavy atom. The van der Waals surface area contributed by atoms with Crippen LogP contribution in [0.5, 0.6) is 0 Å². The predicted octanol–water partition coefficient (Wildman–Crippen LogP) is 1.73. The van der Waals surface area contributed by atoms with Crippen LogP contribution in [-0.4, -0.2) is 64.6 Å². The average molecular weight is 429 g/mol. The van der Waals surface area contributed by atoms with Crippen molar-refractivity contribution in [3.05, 3.63) is 51.8 Å². The van der Waals surface area contributed by atoms with Gasteiger partial charge in [-0.15, -0.1) is 0 Å². The van der Waals surface area contributed by atoms with Gasteiger partial charge in [0.2, 0.25) is 11.6 Å². The lowest BCUT2D eigenvalue weighted by atomic mass is 10.1. The molecule has 0 saturated carbocycles. The molecule has 0 aliphatic carbocycles. The molecule has 0 radical (unpaired) electrons. The molecule has 2 aromatic rings. The van der Waals surface area contributed by atoms with E-state index in [0.717, 1.165) is 5.56 Å². The number of carbonyl (C=O) groups excluding carboxylic acids is 2. The molecule has 12 heteroatoms. The summed E-state index contributed by atoms with van der Waals surface area (Å²) in [6.45, 7) is 5.15. The number of anilines is 2. The van der Waals surface area contributed by atoms with Crippen molar-refractivity contribution in [1.82, 2.24) is 20.3 Å². The number of aryl methyl sites for hydroxylation is 1. The minimum Gasteiger partial charge on any atom is -0.450 e. The third kappa shape index (κ3) is 4.97. The standard InChI is InChI=1S/C19H23N7O5/c1-3-31-19(28)25-10-8-24(9-11-25)17-15(26(29)30)16(20-12-21-17)22-23-18(27)14-7-5-4-6-13(14)2/h4-7,12H,3,8-11H2,1-2H3,(H,23,27)(H,20,21,22). The minimum absolute atomic E-state index is 0.108. The summed E-state index contributed by atoms with van der Waals surface area (Å²) in [4.78, 5) is 46.7. The van der Waals surface area contributed by atoms with E-state index in [0.29, 0.717) is 31.7 Å².